The molecule has 0 spiro atoms. The highest BCUT2D eigenvalue weighted by atomic mass is 32.2. The zero-order valence-corrected chi connectivity index (χ0v) is 16.9. The van der Waals surface area contributed by atoms with Crippen LogP contribution in [0.5, 0.6) is 5.75 Å². The second kappa shape index (κ2) is 9.01. The van der Waals surface area contributed by atoms with E-state index >= 15 is 0 Å². The van der Waals surface area contributed by atoms with Crippen LogP contribution in [0.2, 0.25) is 0 Å². The van der Waals surface area contributed by atoms with Gasteiger partial charge in [-0.3, -0.25) is 4.79 Å². The number of hydrogen-bond donors (Lipinski definition) is 1. The number of ether oxygens (including phenoxy) is 1. The molecule has 27 heavy (non-hydrogen) atoms. The van der Waals surface area contributed by atoms with Gasteiger partial charge in [0.05, 0.1) is 4.90 Å². The Kier molecular flexibility index (Phi) is 6.98. The van der Waals surface area contributed by atoms with Crippen molar-refractivity contribution in [2.24, 2.45) is 5.92 Å². The predicted molar refractivity (Wildman–Crippen MR) is 107 cm³/mol. The van der Waals surface area contributed by atoms with Gasteiger partial charge in [0.25, 0.3) is 5.91 Å². The number of benzene rings is 2. The summed E-state index contributed by atoms with van der Waals surface area (Å²) in [5, 5.41) is 0. The number of carbonyl (C=O) groups excluding carboxylic acids is 1. The van der Waals surface area contributed by atoms with Crippen LogP contribution in [0.15, 0.2) is 53.4 Å². The summed E-state index contributed by atoms with van der Waals surface area (Å²) >= 11 is 0. The fourth-order valence-corrected chi connectivity index (χ4v) is 3.64. The summed E-state index contributed by atoms with van der Waals surface area (Å²) in [5.74, 6) is 0.500. The molecule has 0 aliphatic heterocycles. The number of sulfonamides is 1. The number of rotatable bonds is 8. The van der Waals surface area contributed by atoms with E-state index in [0.717, 1.165) is 5.69 Å². The molecule has 0 saturated carbocycles. The molecular weight excluding hydrogens is 364 g/mol. The minimum atomic E-state index is -3.56. The number of anilines is 1. The van der Waals surface area contributed by atoms with E-state index in [1.54, 1.807) is 26.1 Å². The Balaban J connectivity index is 2.03. The summed E-state index contributed by atoms with van der Waals surface area (Å²) in [4.78, 5) is 14.0. The Morgan fingerprint density at radius 3 is 2.41 bits per heavy atom. The van der Waals surface area contributed by atoms with Gasteiger partial charge in [0, 0.05) is 19.3 Å². The van der Waals surface area contributed by atoms with E-state index in [2.05, 4.69) is 4.72 Å². The average Bonchev–Trinajstić information content (AvgIpc) is 2.65. The van der Waals surface area contributed by atoms with Gasteiger partial charge >= 0.3 is 0 Å². The van der Waals surface area contributed by atoms with Crippen LogP contribution in [0.25, 0.3) is 0 Å². The zero-order chi connectivity index (χ0) is 20.0. The van der Waals surface area contributed by atoms with Crippen LogP contribution in [0.1, 0.15) is 19.4 Å². The quantitative estimate of drug-likeness (QED) is 0.752. The van der Waals surface area contributed by atoms with E-state index in [1.165, 1.54) is 11.0 Å². The summed E-state index contributed by atoms with van der Waals surface area (Å²) in [6, 6.07) is 13.9. The Morgan fingerprint density at radius 1 is 1.15 bits per heavy atom. The molecule has 0 heterocycles. The molecule has 0 aliphatic rings. The topological polar surface area (TPSA) is 75.7 Å². The smallest absolute Gasteiger partial charge is 0.264 e. The van der Waals surface area contributed by atoms with Crippen LogP contribution in [0.3, 0.4) is 0 Å². The van der Waals surface area contributed by atoms with Crippen molar-refractivity contribution in [1.82, 2.24) is 4.72 Å². The second-order valence-corrected chi connectivity index (χ2v) is 8.52. The van der Waals surface area contributed by atoms with Crippen LogP contribution < -0.4 is 14.4 Å². The Hall–Kier alpha value is -2.38. The molecule has 0 bridgehead atoms. The second-order valence-electron chi connectivity index (χ2n) is 6.75. The summed E-state index contributed by atoms with van der Waals surface area (Å²) in [6.07, 6.45) is 0. The van der Waals surface area contributed by atoms with E-state index in [0.29, 0.717) is 17.9 Å². The lowest BCUT2D eigenvalue weighted by molar-refractivity contribution is -0.120. The van der Waals surface area contributed by atoms with Gasteiger partial charge in [-0.1, -0.05) is 32.0 Å². The molecule has 1 N–H and O–H groups in total. The molecule has 0 saturated heterocycles. The SMILES string of the molecule is Cc1cc(S(=O)(=O)NCC(C)C)ccc1OCC(=O)N(C)c1ccccc1. The monoisotopic (exact) mass is 390 g/mol. The molecule has 0 fully saturated rings. The van der Waals surface area contributed by atoms with E-state index in [4.69, 9.17) is 4.74 Å². The number of para-hydroxylation sites is 1. The third kappa shape index (κ3) is 5.80. The molecule has 0 unspecified atom stereocenters. The predicted octanol–water partition coefficient (Wildman–Crippen LogP) is 2.97. The molecule has 0 aromatic heterocycles. The standard InChI is InChI=1S/C20H26N2O4S/c1-15(2)13-21-27(24,25)18-10-11-19(16(3)12-18)26-14-20(23)22(4)17-8-6-5-7-9-17/h5-12,15,21H,13-14H2,1-4H3. The van der Waals surface area contributed by atoms with Crippen molar-refractivity contribution >= 4 is 21.6 Å². The largest absolute Gasteiger partial charge is 0.483 e. The Bertz CT molecular complexity index is 880. The lowest BCUT2D eigenvalue weighted by Crippen LogP contribution is -2.31. The van der Waals surface area contributed by atoms with E-state index in [9.17, 15) is 13.2 Å². The lowest BCUT2D eigenvalue weighted by atomic mass is 10.2. The number of nitrogens with one attached hydrogen (secondary N) is 1. The highest BCUT2D eigenvalue weighted by Crippen LogP contribution is 2.22. The summed E-state index contributed by atoms with van der Waals surface area (Å²) in [7, 11) is -1.87. The van der Waals surface area contributed by atoms with Gasteiger partial charge in [-0.05, 0) is 48.7 Å². The maximum Gasteiger partial charge on any atom is 0.264 e. The molecule has 2 rings (SSSR count). The molecule has 0 aliphatic carbocycles. The maximum atomic E-state index is 12.3. The van der Waals surface area contributed by atoms with Crippen molar-refractivity contribution in [2.45, 2.75) is 25.7 Å². The van der Waals surface area contributed by atoms with Gasteiger partial charge in [-0.2, -0.15) is 0 Å². The van der Waals surface area contributed by atoms with Gasteiger partial charge in [0.15, 0.2) is 6.61 Å². The minimum absolute atomic E-state index is 0.135. The van der Waals surface area contributed by atoms with E-state index in [1.807, 2.05) is 44.2 Å². The van der Waals surface area contributed by atoms with E-state index in [-0.39, 0.29) is 23.3 Å². The highest BCUT2D eigenvalue weighted by Gasteiger charge is 2.17. The highest BCUT2D eigenvalue weighted by molar-refractivity contribution is 7.89. The van der Waals surface area contributed by atoms with Crippen molar-refractivity contribution in [3.8, 4) is 5.75 Å². The van der Waals surface area contributed by atoms with Gasteiger partial charge in [0.1, 0.15) is 5.75 Å². The molecule has 6 nitrogen and oxygen atoms in total. The number of amides is 1. The van der Waals surface area contributed by atoms with Crippen molar-refractivity contribution in [2.75, 3.05) is 25.1 Å². The lowest BCUT2D eigenvalue weighted by Gasteiger charge is -2.18. The van der Waals surface area contributed by atoms with Crippen LogP contribution in [0, 0.1) is 12.8 Å². The summed E-state index contributed by atoms with van der Waals surface area (Å²) in [5.41, 5.74) is 1.43. The number of likely N-dealkylation sites (N-methyl/N-ethyl adjacent to an activating group) is 1. The fourth-order valence-electron chi connectivity index (χ4n) is 2.34. The molecule has 0 radical (unpaired) electrons. The fraction of sp³-hybridized carbons (Fsp3) is 0.350. The molecule has 1 amide bonds. The van der Waals surface area contributed by atoms with Crippen molar-refractivity contribution in [3.63, 3.8) is 0 Å². The maximum absolute atomic E-state index is 12.3. The molecular formula is C20H26N2O4S. The molecule has 146 valence electrons. The van der Waals surface area contributed by atoms with Crippen LogP contribution >= 0.6 is 0 Å². The minimum Gasteiger partial charge on any atom is -0.483 e. The van der Waals surface area contributed by atoms with Gasteiger partial charge in [-0.25, -0.2) is 13.1 Å². The van der Waals surface area contributed by atoms with Crippen molar-refractivity contribution < 1.29 is 17.9 Å². The van der Waals surface area contributed by atoms with Crippen LogP contribution in [0.4, 0.5) is 5.69 Å². The first kappa shape index (κ1) is 20.9. The summed E-state index contributed by atoms with van der Waals surface area (Å²) < 4.78 is 32.8. The van der Waals surface area contributed by atoms with Crippen molar-refractivity contribution in [1.29, 1.82) is 0 Å². The van der Waals surface area contributed by atoms with Crippen LogP contribution in [-0.4, -0.2) is 34.5 Å². The molecule has 2 aromatic carbocycles. The van der Waals surface area contributed by atoms with Gasteiger partial charge in [0.2, 0.25) is 10.0 Å². The number of aryl methyl sites for hydroxylation is 1. The molecule has 2 aromatic rings. The first-order chi connectivity index (χ1) is 12.7. The average molecular weight is 391 g/mol. The molecule has 7 heteroatoms. The first-order valence-electron chi connectivity index (χ1n) is 8.75. The number of nitrogens with zero attached hydrogens (tertiary/aromatic N) is 1. The molecule has 0 atom stereocenters. The zero-order valence-electron chi connectivity index (χ0n) is 16.1. The Morgan fingerprint density at radius 2 is 1.81 bits per heavy atom. The number of carbonyl (C=O) groups is 1. The third-order valence-corrected chi connectivity index (χ3v) is 5.43. The van der Waals surface area contributed by atoms with E-state index < -0.39 is 10.0 Å². The summed E-state index contributed by atoms with van der Waals surface area (Å²) in [6.45, 7) is 5.87. The third-order valence-electron chi connectivity index (χ3n) is 4.01. The normalized spacial score (nSPS) is 11.4. The van der Waals surface area contributed by atoms with Gasteiger partial charge < -0.3 is 9.64 Å². The van der Waals surface area contributed by atoms with Gasteiger partial charge in [-0.15, -0.1) is 0 Å². The Labute approximate surface area is 161 Å². The van der Waals surface area contributed by atoms with Crippen molar-refractivity contribution in [3.05, 3.63) is 54.1 Å². The first-order valence-corrected chi connectivity index (χ1v) is 10.2. The van der Waals surface area contributed by atoms with Crippen LogP contribution in [-0.2, 0) is 14.8 Å². The number of hydrogen-bond acceptors (Lipinski definition) is 4.